The van der Waals surface area contributed by atoms with Gasteiger partial charge in [-0.25, -0.2) is 14.4 Å². The largest absolute Gasteiger partial charge is 0.452 e. The molecular weight excluding hydrogens is 304 g/mol. The summed E-state index contributed by atoms with van der Waals surface area (Å²) in [6.07, 6.45) is 1.71. The van der Waals surface area contributed by atoms with Crippen LogP contribution in [0.5, 0.6) is 0 Å². The molecule has 0 aromatic carbocycles. The first kappa shape index (κ1) is 18.4. The van der Waals surface area contributed by atoms with E-state index in [0.717, 1.165) is 18.9 Å². The van der Waals surface area contributed by atoms with Crippen LogP contribution in [0.3, 0.4) is 0 Å². The normalized spacial score (nSPS) is 10.0. The van der Waals surface area contributed by atoms with Crippen LogP contribution in [-0.4, -0.2) is 31.1 Å². The third kappa shape index (κ3) is 5.93. The summed E-state index contributed by atoms with van der Waals surface area (Å²) in [7, 11) is 0. The first-order chi connectivity index (χ1) is 10.8. The Bertz CT molecular complexity index is 624. The number of aryl methyl sites for hydroxylation is 2. The van der Waals surface area contributed by atoms with Crippen LogP contribution in [0.15, 0.2) is 15.3 Å². The molecule has 0 aliphatic rings. The molecule has 1 heterocycles. The number of unbranched alkanes of at least 4 members (excludes halogenated alkanes) is 1. The molecule has 23 heavy (non-hydrogen) atoms. The quantitative estimate of drug-likeness (QED) is 0.597. The average molecular weight is 324 g/mol. The van der Waals surface area contributed by atoms with E-state index in [2.05, 4.69) is 5.32 Å². The van der Waals surface area contributed by atoms with Crippen LogP contribution in [0.1, 0.15) is 41.4 Å². The molecule has 1 aromatic rings. The Morgan fingerprint density at radius 1 is 1.26 bits per heavy atom. The molecule has 0 atom stereocenters. The van der Waals surface area contributed by atoms with Gasteiger partial charge < -0.3 is 14.5 Å². The number of hydrogen-bond acceptors (Lipinski definition) is 6. The molecule has 0 unspecified atom stereocenters. The highest BCUT2D eigenvalue weighted by molar-refractivity contribution is 5.97. The summed E-state index contributed by atoms with van der Waals surface area (Å²) < 4.78 is 9.64. The van der Waals surface area contributed by atoms with Crippen molar-refractivity contribution in [1.29, 1.82) is 0 Å². The number of imide groups is 1. The van der Waals surface area contributed by atoms with Crippen LogP contribution < -0.4 is 16.3 Å². The smallest absolute Gasteiger partial charge is 0.342 e. The maximum absolute atomic E-state index is 11.9. The molecule has 0 radical (unpaired) electrons. The summed E-state index contributed by atoms with van der Waals surface area (Å²) in [5, 5.41) is 4.54. The van der Waals surface area contributed by atoms with Crippen molar-refractivity contribution in [2.45, 2.75) is 33.6 Å². The molecule has 0 saturated carbocycles. The maximum atomic E-state index is 11.9. The van der Waals surface area contributed by atoms with E-state index >= 15 is 0 Å². The molecule has 0 spiro atoms. The number of urea groups is 1. The van der Waals surface area contributed by atoms with Gasteiger partial charge in [-0.1, -0.05) is 13.3 Å². The van der Waals surface area contributed by atoms with Crippen molar-refractivity contribution < 1.29 is 23.5 Å². The van der Waals surface area contributed by atoms with Gasteiger partial charge in [0.25, 0.3) is 5.91 Å². The van der Waals surface area contributed by atoms with Crippen molar-refractivity contribution >= 4 is 17.9 Å². The second kappa shape index (κ2) is 8.72. The van der Waals surface area contributed by atoms with Gasteiger partial charge in [-0.2, -0.15) is 0 Å². The number of esters is 1. The topological polar surface area (TPSA) is 115 Å². The van der Waals surface area contributed by atoms with Crippen LogP contribution in [0.2, 0.25) is 0 Å². The van der Waals surface area contributed by atoms with Crippen molar-refractivity contribution in [3.8, 4) is 0 Å². The van der Waals surface area contributed by atoms with Crippen molar-refractivity contribution in [3.05, 3.63) is 33.4 Å². The van der Waals surface area contributed by atoms with Gasteiger partial charge in [0.05, 0.1) is 0 Å². The lowest BCUT2D eigenvalue weighted by Gasteiger charge is -2.09. The Morgan fingerprint density at radius 3 is 2.57 bits per heavy atom. The highest BCUT2D eigenvalue weighted by atomic mass is 16.5. The van der Waals surface area contributed by atoms with Crippen LogP contribution in [-0.2, 0) is 9.53 Å². The van der Waals surface area contributed by atoms with Crippen LogP contribution >= 0.6 is 0 Å². The Kier molecular flexibility index (Phi) is 6.98. The third-order valence-corrected chi connectivity index (χ3v) is 2.94. The second-order valence-corrected chi connectivity index (χ2v) is 4.91. The van der Waals surface area contributed by atoms with E-state index in [1.54, 1.807) is 6.92 Å². The Labute approximate surface area is 133 Å². The molecule has 0 aliphatic carbocycles. The van der Waals surface area contributed by atoms with E-state index < -0.39 is 30.1 Å². The molecule has 1 aromatic heterocycles. The standard InChI is InChI=1S/C15H20N2O6/c1-4-5-6-16-15(21)17-11(18)8-22-14(20)13-9(2)7-12(19)23-10(13)3/h7H,4-6,8H2,1-3H3,(H2,16,17,18,21). The van der Waals surface area contributed by atoms with Gasteiger partial charge in [0.15, 0.2) is 6.61 Å². The van der Waals surface area contributed by atoms with Crippen LogP contribution in [0, 0.1) is 13.8 Å². The van der Waals surface area contributed by atoms with E-state index in [1.807, 2.05) is 12.2 Å². The molecule has 2 N–H and O–H groups in total. The Hall–Kier alpha value is -2.64. The number of hydrogen-bond donors (Lipinski definition) is 2. The summed E-state index contributed by atoms with van der Waals surface area (Å²) >= 11 is 0. The highest BCUT2D eigenvalue weighted by Gasteiger charge is 2.18. The number of rotatable bonds is 6. The summed E-state index contributed by atoms with van der Waals surface area (Å²) in [5.41, 5.74) is -0.0932. The Morgan fingerprint density at radius 2 is 1.96 bits per heavy atom. The fourth-order valence-electron chi connectivity index (χ4n) is 1.85. The number of carbonyl (C=O) groups is 3. The minimum Gasteiger partial charge on any atom is -0.452 e. The summed E-state index contributed by atoms with van der Waals surface area (Å²) in [6.45, 7) is 4.82. The second-order valence-electron chi connectivity index (χ2n) is 4.91. The number of nitrogens with one attached hydrogen (secondary N) is 2. The zero-order valence-electron chi connectivity index (χ0n) is 13.4. The molecule has 0 bridgehead atoms. The molecule has 0 fully saturated rings. The lowest BCUT2D eigenvalue weighted by Crippen LogP contribution is -2.41. The van der Waals surface area contributed by atoms with Crippen LogP contribution in [0.25, 0.3) is 0 Å². The lowest BCUT2D eigenvalue weighted by atomic mass is 10.1. The molecule has 8 heteroatoms. The molecule has 0 saturated heterocycles. The average Bonchev–Trinajstić information content (AvgIpc) is 2.44. The molecule has 1 rings (SSSR count). The van der Waals surface area contributed by atoms with Crippen molar-refractivity contribution in [3.63, 3.8) is 0 Å². The van der Waals surface area contributed by atoms with Gasteiger partial charge in [0.1, 0.15) is 11.3 Å². The first-order valence-corrected chi connectivity index (χ1v) is 7.21. The van der Waals surface area contributed by atoms with E-state index in [9.17, 15) is 19.2 Å². The first-order valence-electron chi connectivity index (χ1n) is 7.21. The Balaban J connectivity index is 2.52. The van der Waals surface area contributed by atoms with Gasteiger partial charge in [0.2, 0.25) is 0 Å². The van der Waals surface area contributed by atoms with Gasteiger partial charge in [-0.15, -0.1) is 0 Å². The maximum Gasteiger partial charge on any atom is 0.342 e. The summed E-state index contributed by atoms with van der Waals surface area (Å²) in [6, 6.07) is 0.516. The third-order valence-electron chi connectivity index (χ3n) is 2.94. The predicted molar refractivity (Wildman–Crippen MR) is 81.2 cm³/mol. The van der Waals surface area contributed by atoms with Gasteiger partial charge in [-0.05, 0) is 25.8 Å². The molecule has 0 aliphatic heterocycles. The number of ether oxygens (including phenoxy) is 1. The number of carbonyl (C=O) groups excluding carboxylic acids is 3. The van der Waals surface area contributed by atoms with E-state index in [1.165, 1.54) is 6.92 Å². The number of amides is 3. The minimum atomic E-state index is -0.801. The van der Waals surface area contributed by atoms with Crippen molar-refractivity contribution in [2.24, 2.45) is 0 Å². The van der Waals surface area contributed by atoms with Crippen molar-refractivity contribution in [1.82, 2.24) is 10.6 Å². The van der Waals surface area contributed by atoms with Gasteiger partial charge >= 0.3 is 17.6 Å². The highest BCUT2D eigenvalue weighted by Crippen LogP contribution is 2.12. The van der Waals surface area contributed by atoms with E-state index in [-0.39, 0.29) is 11.3 Å². The van der Waals surface area contributed by atoms with Crippen molar-refractivity contribution in [2.75, 3.05) is 13.2 Å². The fraction of sp³-hybridized carbons (Fsp3) is 0.467. The molecule has 126 valence electrons. The zero-order chi connectivity index (χ0) is 17.4. The molecule has 3 amide bonds. The lowest BCUT2D eigenvalue weighted by molar-refractivity contribution is -0.123. The summed E-state index contributed by atoms with van der Waals surface area (Å²) in [4.78, 5) is 46.0. The molecular formula is C15H20N2O6. The fourth-order valence-corrected chi connectivity index (χ4v) is 1.85. The van der Waals surface area contributed by atoms with Gasteiger partial charge in [-0.3, -0.25) is 10.1 Å². The molecule has 8 nitrogen and oxygen atoms in total. The SMILES string of the molecule is CCCCNC(=O)NC(=O)COC(=O)c1c(C)cc(=O)oc1C. The van der Waals surface area contributed by atoms with Crippen LogP contribution in [0.4, 0.5) is 4.79 Å². The predicted octanol–water partition coefficient (Wildman–Crippen LogP) is 1.04. The van der Waals surface area contributed by atoms with Gasteiger partial charge in [0, 0.05) is 12.6 Å². The summed E-state index contributed by atoms with van der Waals surface area (Å²) in [5.74, 6) is -1.44. The van der Waals surface area contributed by atoms with E-state index in [4.69, 9.17) is 9.15 Å². The zero-order valence-corrected chi connectivity index (χ0v) is 13.4. The minimum absolute atomic E-state index is 0.0878. The van der Waals surface area contributed by atoms with E-state index in [0.29, 0.717) is 12.1 Å². The monoisotopic (exact) mass is 324 g/mol.